The van der Waals surface area contributed by atoms with E-state index in [9.17, 15) is 4.79 Å². The molecule has 3 nitrogen and oxygen atoms in total. The lowest BCUT2D eigenvalue weighted by Crippen LogP contribution is -2.27. The number of hydrogen-bond donors (Lipinski definition) is 1. The molecule has 0 atom stereocenters. The summed E-state index contributed by atoms with van der Waals surface area (Å²) < 4.78 is 5.08. The maximum Gasteiger partial charge on any atom is 0.412 e. The molecule has 0 aromatic heterocycles. The fraction of sp³-hybridized carbons (Fsp3) is 0.364. The van der Waals surface area contributed by atoms with Crippen LogP contribution in [0, 0.1) is 6.07 Å². The van der Waals surface area contributed by atoms with E-state index in [4.69, 9.17) is 16.3 Å². The lowest BCUT2D eigenvalue weighted by Gasteiger charge is -2.19. The van der Waals surface area contributed by atoms with Gasteiger partial charge in [-0.2, -0.15) is 0 Å². The van der Waals surface area contributed by atoms with Crippen molar-refractivity contribution in [3.63, 3.8) is 0 Å². The zero-order chi connectivity index (χ0) is 11.5. The third-order valence-corrected chi connectivity index (χ3v) is 1.63. The summed E-state index contributed by atoms with van der Waals surface area (Å²) in [4.78, 5) is 11.4. The molecule has 0 aliphatic rings. The molecule has 0 aliphatic carbocycles. The number of carbonyl (C=O) groups excluding carboxylic acids is 1. The van der Waals surface area contributed by atoms with Gasteiger partial charge in [-0.1, -0.05) is 17.7 Å². The average molecular weight is 227 g/mol. The van der Waals surface area contributed by atoms with E-state index < -0.39 is 11.7 Å². The van der Waals surface area contributed by atoms with Crippen LogP contribution in [-0.2, 0) is 4.74 Å². The van der Waals surface area contributed by atoms with Crippen molar-refractivity contribution in [3.05, 3.63) is 29.3 Å². The molecule has 0 fully saturated rings. The summed E-state index contributed by atoms with van der Waals surface area (Å²) in [6.45, 7) is 5.41. The van der Waals surface area contributed by atoms with Gasteiger partial charge in [0.15, 0.2) is 0 Å². The highest BCUT2D eigenvalue weighted by Gasteiger charge is 2.15. The molecule has 0 saturated heterocycles. The minimum Gasteiger partial charge on any atom is -0.444 e. The Hall–Kier alpha value is -1.22. The van der Waals surface area contributed by atoms with Crippen LogP contribution < -0.4 is 5.32 Å². The minimum absolute atomic E-state index is 0.448. The van der Waals surface area contributed by atoms with Gasteiger partial charge in [0.1, 0.15) is 5.60 Å². The molecule has 4 heteroatoms. The summed E-state index contributed by atoms with van der Waals surface area (Å²) in [5, 5.41) is 3.02. The molecular weight excluding hydrogens is 214 g/mol. The highest BCUT2D eigenvalue weighted by Crippen LogP contribution is 2.15. The van der Waals surface area contributed by atoms with Gasteiger partial charge in [-0.15, -0.1) is 0 Å². The molecule has 0 bridgehead atoms. The first kappa shape index (κ1) is 11.9. The molecule has 1 rings (SSSR count). The SMILES string of the molecule is CC(C)(C)OC(=O)Nc1cc[c]c(Cl)c1. The van der Waals surface area contributed by atoms with Crippen LogP contribution in [0.5, 0.6) is 0 Å². The number of carbonyl (C=O) groups is 1. The summed E-state index contributed by atoms with van der Waals surface area (Å²) in [6.07, 6.45) is -0.496. The van der Waals surface area contributed by atoms with Crippen molar-refractivity contribution < 1.29 is 9.53 Å². The van der Waals surface area contributed by atoms with Gasteiger partial charge >= 0.3 is 6.09 Å². The number of ether oxygens (including phenoxy) is 1. The first-order valence-electron chi connectivity index (χ1n) is 4.54. The number of hydrogen-bond acceptors (Lipinski definition) is 2. The number of amides is 1. The number of halogens is 1. The lowest BCUT2D eigenvalue weighted by atomic mass is 10.2. The Labute approximate surface area is 94.4 Å². The molecule has 1 aromatic carbocycles. The normalized spacial score (nSPS) is 10.9. The van der Waals surface area contributed by atoms with Crippen LogP contribution in [0.3, 0.4) is 0 Å². The van der Waals surface area contributed by atoms with Gasteiger partial charge in [0.2, 0.25) is 0 Å². The summed E-state index contributed by atoms with van der Waals surface area (Å²) >= 11 is 5.71. The standard InChI is InChI=1S/C11H13ClNO2/c1-11(2,3)15-10(14)13-9-6-4-5-8(12)7-9/h4,6-7H,1-3H3,(H,13,14). The number of rotatable bonds is 1. The van der Waals surface area contributed by atoms with Crippen LogP contribution in [0.15, 0.2) is 18.2 Å². The van der Waals surface area contributed by atoms with E-state index in [0.717, 1.165) is 0 Å². The van der Waals surface area contributed by atoms with Crippen LogP contribution >= 0.6 is 11.6 Å². The molecule has 1 radical (unpaired) electrons. The second kappa shape index (κ2) is 4.53. The Kier molecular flexibility index (Phi) is 3.58. The summed E-state index contributed by atoms with van der Waals surface area (Å²) in [5.41, 5.74) is 0.0856. The first-order valence-corrected chi connectivity index (χ1v) is 4.92. The van der Waals surface area contributed by atoms with E-state index in [1.807, 2.05) is 0 Å². The van der Waals surface area contributed by atoms with Crippen LogP contribution in [0.2, 0.25) is 5.02 Å². The summed E-state index contributed by atoms with van der Waals surface area (Å²) in [5.74, 6) is 0. The van der Waals surface area contributed by atoms with Crippen LogP contribution in [0.1, 0.15) is 20.8 Å². The van der Waals surface area contributed by atoms with E-state index in [1.54, 1.807) is 39.0 Å². The van der Waals surface area contributed by atoms with Gasteiger partial charge in [0.25, 0.3) is 0 Å². The summed E-state index contributed by atoms with van der Waals surface area (Å²) in [6, 6.07) is 7.69. The van der Waals surface area contributed by atoms with E-state index >= 15 is 0 Å². The Morgan fingerprint density at radius 3 is 2.73 bits per heavy atom. The summed E-state index contributed by atoms with van der Waals surface area (Å²) in [7, 11) is 0. The highest BCUT2D eigenvalue weighted by atomic mass is 35.5. The molecule has 81 valence electrons. The molecular formula is C11H13ClNO2. The molecule has 1 amide bonds. The molecule has 0 spiro atoms. The average Bonchev–Trinajstić information content (AvgIpc) is 1.99. The van der Waals surface area contributed by atoms with E-state index in [1.165, 1.54) is 0 Å². The Balaban J connectivity index is 2.59. The quantitative estimate of drug-likeness (QED) is 0.796. The molecule has 0 heterocycles. The lowest BCUT2D eigenvalue weighted by molar-refractivity contribution is 0.0636. The van der Waals surface area contributed by atoms with Crippen molar-refractivity contribution in [2.75, 3.05) is 5.32 Å². The minimum atomic E-state index is -0.505. The zero-order valence-corrected chi connectivity index (χ0v) is 9.68. The van der Waals surface area contributed by atoms with Crippen molar-refractivity contribution in [1.82, 2.24) is 0 Å². The topological polar surface area (TPSA) is 38.3 Å². The van der Waals surface area contributed by atoms with Gasteiger partial charge < -0.3 is 4.74 Å². The molecule has 1 N–H and O–H groups in total. The maximum absolute atomic E-state index is 11.4. The Bertz CT molecular complexity index is 358. The van der Waals surface area contributed by atoms with Gasteiger partial charge in [-0.25, -0.2) is 4.79 Å². The van der Waals surface area contributed by atoms with E-state index in [-0.39, 0.29) is 0 Å². The second-order valence-corrected chi connectivity index (χ2v) is 4.46. The van der Waals surface area contributed by atoms with Crippen LogP contribution in [0.4, 0.5) is 10.5 Å². The monoisotopic (exact) mass is 226 g/mol. The predicted molar refractivity (Wildman–Crippen MR) is 60.1 cm³/mol. The smallest absolute Gasteiger partial charge is 0.412 e. The van der Waals surface area contributed by atoms with Crippen molar-refractivity contribution in [3.8, 4) is 0 Å². The molecule has 0 aliphatic heterocycles. The number of benzene rings is 1. The van der Waals surface area contributed by atoms with Crippen molar-refractivity contribution in [2.24, 2.45) is 0 Å². The predicted octanol–water partition coefficient (Wildman–Crippen LogP) is 3.49. The molecule has 0 saturated carbocycles. The molecule has 0 unspecified atom stereocenters. The Morgan fingerprint density at radius 1 is 1.53 bits per heavy atom. The van der Waals surface area contributed by atoms with E-state index in [2.05, 4.69) is 11.4 Å². The molecule has 1 aromatic rings. The number of anilines is 1. The van der Waals surface area contributed by atoms with Gasteiger partial charge in [-0.3, -0.25) is 5.32 Å². The molecule has 15 heavy (non-hydrogen) atoms. The number of nitrogens with one attached hydrogen (secondary N) is 1. The fourth-order valence-electron chi connectivity index (χ4n) is 0.937. The van der Waals surface area contributed by atoms with Crippen LogP contribution in [0.25, 0.3) is 0 Å². The van der Waals surface area contributed by atoms with Crippen molar-refractivity contribution >= 4 is 23.4 Å². The van der Waals surface area contributed by atoms with Gasteiger partial charge in [0.05, 0.1) is 5.02 Å². The Morgan fingerprint density at radius 2 is 2.20 bits per heavy atom. The zero-order valence-electron chi connectivity index (χ0n) is 8.93. The largest absolute Gasteiger partial charge is 0.444 e. The maximum atomic E-state index is 11.4. The third kappa shape index (κ3) is 4.70. The fourth-order valence-corrected chi connectivity index (χ4v) is 1.12. The second-order valence-electron chi connectivity index (χ2n) is 4.05. The van der Waals surface area contributed by atoms with Crippen molar-refractivity contribution in [2.45, 2.75) is 26.4 Å². The van der Waals surface area contributed by atoms with Gasteiger partial charge in [-0.05, 0) is 32.9 Å². The highest BCUT2D eigenvalue weighted by molar-refractivity contribution is 6.30. The van der Waals surface area contributed by atoms with Crippen LogP contribution in [-0.4, -0.2) is 11.7 Å². The van der Waals surface area contributed by atoms with Crippen molar-refractivity contribution in [1.29, 1.82) is 0 Å². The third-order valence-electron chi connectivity index (χ3n) is 1.41. The van der Waals surface area contributed by atoms with E-state index in [0.29, 0.717) is 10.7 Å². The van der Waals surface area contributed by atoms with Gasteiger partial charge in [0, 0.05) is 11.8 Å². The first-order chi connectivity index (χ1) is 6.87.